The van der Waals surface area contributed by atoms with Gasteiger partial charge in [-0.15, -0.1) is 11.3 Å². The SMILES string of the molecule is c1ccc(N(c2ccc(-c3ccc4ccccc4c3)cc2)c2ccc(-c3ccc4c(c3)sc3ccccc34)cc2)c(-c2cc3ccccc3c3ccccc23)c1. The highest BCUT2D eigenvalue weighted by atomic mass is 32.1. The van der Waals surface area contributed by atoms with E-state index < -0.39 is 0 Å². The standard InChI is InChI=1S/C54H35NS/c1-2-12-39-33-40(22-21-36(39)11-1)37-23-28-43(29-24-37)55(44-30-25-38(26-31-44)41-27-32-50-49-18-8-10-20-53(49)56-54(50)35-41)52-19-9-7-17-48(52)51-34-42-13-3-4-14-45(42)46-15-5-6-16-47(46)51/h1-35H. The molecule has 0 saturated carbocycles. The Morgan fingerprint density at radius 1 is 0.286 bits per heavy atom. The van der Waals surface area contributed by atoms with Crippen LogP contribution in [0.2, 0.25) is 0 Å². The average Bonchev–Trinajstić information content (AvgIpc) is 3.65. The van der Waals surface area contributed by atoms with Crippen LogP contribution in [0, 0.1) is 0 Å². The Morgan fingerprint density at radius 2 is 0.821 bits per heavy atom. The molecule has 0 saturated heterocycles. The van der Waals surface area contributed by atoms with Gasteiger partial charge in [-0.25, -0.2) is 0 Å². The smallest absolute Gasteiger partial charge is 0.0540 e. The van der Waals surface area contributed by atoms with Crippen LogP contribution in [0.25, 0.3) is 85.9 Å². The van der Waals surface area contributed by atoms with E-state index in [-0.39, 0.29) is 0 Å². The Balaban J connectivity index is 1.06. The molecule has 262 valence electrons. The highest BCUT2D eigenvalue weighted by molar-refractivity contribution is 7.25. The van der Waals surface area contributed by atoms with Gasteiger partial charge in [0.15, 0.2) is 0 Å². The van der Waals surface area contributed by atoms with Crippen LogP contribution < -0.4 is 4.90 Å². The predicted molar refractivity (Wildman–Crippen MR) is 243 cm³/mol. The summed E-state index contributed by atoms with van der Waals surface area (Å²) in [5.74, 6) is 0. The lowest BCUT2D eigenvalue weighted by Gasteiger charge is -2.28. The number of hydrogen-bond acceptors (Lipinski definition) is 2. The van der Waals surface area contributed by atoms with Crippen molar-refractivity contribution in [2.45, 2.75) is 0 Å². The molecule has 56 heavy (non-hydrogen) atoms. The van der Waals surface area contributed by atoms with Gasteiger partial charge in [0.25, 0.3) is 0 Å². The molecule has 0 radical (unpaired) electrons. The number of rotatable bonds is 6. The van der Waals surface area contributed by atoms with Gasteiger partial charge < -0.3 is 4.90 Å². The third-order valence-electron chi connectivity index (χ3n) is 11.2. The summed E-state index contributed by atoms with van der Waals surface area (Å²) in [6.45, 7) is 0. The first-order valence-electron chi connectivity index (χ1n) is 19.2. The van der Waals surface area contributed by atoms with E-state index in [1.807, 2.05) is 11.3 Å². The van der Waals surface area contributed by atoms with Gasteiger partial charge in [0.1, 0.15) is 0 Å². The minimum absolute atomic E-state index is 1.10. The maximum Gasteiger partial charge on any atom is 0.0540 e. The highest BCUT2D eigenvalue weighted by Crippen LogP contribution is 2.45. The van der Waals surface area contributed by atoms with Crippen molar-refractivity contribution >= 4 is 80.9 Å². The Hall–Kier alpha value is -7.00. The summed E-state index contributed by atoms with van der Waals surface area (Å²) in [5.41, 5.74) is 10.6. The molecule has 0 bridgehead atoms. The van der Waals surface area contributed by atoms with Crippen LogP contribution in [0.15, 0.2) is 212 Å². The first kappa shape index (κ1) is 32.4. The zero-order chi connectivity index (χ0) is 37.0. The maximum atomic E-state index is 2.42. The summed E-state index contributed by atoms with van der Waals surface area (Å²) in [4.78, 5) is 2.42. The van der Waals surface area contributed by atoms with Crippen molar-refractivity contribution in [1.82, 2.24) is 0 Å². The number of thiophene rings is 1. The van der Waals surface area contributed by atoms with Crippen molar-refractivity contribution in [3.63, 3.8) is 0 Å². The lowest BCUT2D eigenvalue weighted by molar-refractivity contribution is 1.28. The van der Waals surface area contributed by atoms with Gasteiger partial charge in [0.05, 0.1) is 5.69 Å². The molecule has 1 aromatic heterocycles. The number of anilines is 3. The summed E-state index contributed by atoms with van der Waals surface area (Å²) in [6.07, 6.45) is 0. The lowest BCUT2D eigenvalue weighted by Crippen LogP contribution is -2.11. The summed E-state index contributed by atoms with van der Waals surface area (Å²) in [5, 5.41) is 10.2. The first-order chi connectivity index (χ1) is 27.7. The molecule has 10 aromatic carbocycles. The number of fused-ring (bicyclic) bond motifs is 7. The van der Waals surface area contributed by atoms with Crippen molar-refractivity contribution in [2.24, 2.45) is 0 Å². The summed E-state index contributed by atoms with van der Waals surface area (Å²) >= 11 is 1.87. The van der Waals surface area contributed by atoms with Gasteiger partial charge in [-0.1, -0.05) is 158 Å². The normalized spacial score (nSPS) is 11.6. The number of para-hydroxylation sites is 1. The van der Waals surface area contributed by atoms with Crippen LogP contribution in [0.1, 0.15) is 0 Å². The molecule has 0 atom stereocenters. The van der Waals surface area contributed by atoms with E-state index >= 15 is 0 Å². The van der Waals surface area contributed by atoms with E-state index in [2.05, 4.69) is 217 Å². The molecule has 0 aliphatic heterocycles. The van der Waals surface area contributed by atoms with Crippen molar-refractivity contribution in [2.75, 3.05) is 4.90 Å². The molecule has 0 amide bonds. The first-order valence-corrected chi connectivity index (χ1v) is 20.0. The highest BCUT2D eigenvalue weighted by Gasteiger charge is 2.20. The number of hydrogen-bond donors (Lipinski definition) is 0. The second kappa shape index (κ2) is 13.4. The van der Waals surface area contributed by atoms with Crippen LogP contribution >= 0.6 is 11.3 Å². The molecular formula is C54H35NS. The molecule has 1 heterocycles. The van der Waals surface area contributed by atoms with E-state index in [1.54, 1.807) is 0 Å². The van der Waals surface area contributed by atoms with Gasteiger partial charge in [-0.2, -0.15) is 0 Å². The predicted octanol–water partition coefficient (Wildman–Crippen LogP) is 16.0. The third kappa shape index (κ3) is 5.54. The molecule has 0 spiro atoms. The zero-order valence-electron chi connectivity index (χ0n) is 30.6. The van der Waals surface area contributed by atoms with Gasteiger partial charge in [0.2, 0.25) is 0 Å². The number of nitrogens with zero attached hydrogens (tertiary/aromatic N) is 1. The minimum Gasteiger partial charge on any atom is -0.310 e. The van der Waals surface area contributed by atoms with E-state index in [0.29, 0.717) is 0 Å². The fraction of sp³-hybridized carbons (Fsp3) is 0. The topological polar surface area (TPSA) is 3.24 Å². The molecule has 2 heteroatoms. The van der Waals surface area contributed by atoms with E-state index in [9.17, 15) is 0 Å². The molecule has 11 aromatic rings. The molecule has 0 aliphatic rings. The maximum absolute atomic E-state index is 2.42. The molecule has 0 unspecified atom stereocenters. The quantitative estimate of drug-likeness (QED) is 0.154. The summed E-state index contributed by atoms with van der Waals surface area (Å²) in [6, 6.07) is 77.8. The van der Waals surface area contributed by atoms with Crippen molar-refractivity contribution in [1.29, 1.82) is 0 Å². The monoisotopic (exact) mass is 729 g/mol. The Bertz CT molecular complexity index is 3250. The van der Waals surface area contributed by atoms with Gasteiger partial charge in [-0.05, 0) is 115 Å². The molecule has 0 aliphatic carbocycles. The second-order valence-electron chi connectivity index (χ2n) is 14.5. The molecule has 11 rings (SSSR count). The Morgan fingerprint density at radius 3 is 1.59 bits per heavy atom. The van der Waals surface area contributed by atoms with Crippen molar-refractivity contribution in [3.8, 4) is 33.4 Å². The minimum atomic E-state index is 1.10. The Kier molecular flexibility index (Phi) is 7.75. The van der Waals surface area contributed by atoms with E-state index in [0.717, 1.165) is 17.1 Å². The molecule has 1 nitrogen and oxygen atoms in total. The number of benzene rings is 10. The summed E-state index contributed by atoms with van der Waals surface area (Å²) in [7, 11) is 0. The van der Waals surface area contributed by atoms with Crippen molar-refractivity contribution in [3.05, 3.63) is 212 Å². The fourth-order valence-corrected chi connectivity index (χ4v) is 9.63. The largest absolute Gasteiger partial charge is 0.310 e. The van der Waals surface area contributed by atoms with Crippen LogP contribution in [0.4, 0.5) is 17.1 Å². The van der Waals surface area contributed by atoms with Crippen LogP contribution in [-0.2, 0) is 0 Å². The van der Waals surface area contributed by atoms with Crippen LogP contribution in [-0.4, -0.2) is 0 Å². The van der Waals surface area contributed by atoms with Crippen LogP contribution in [0.3, 0.4) is 0 Å². The third-order valence-corrected chi connectivity index (χ3v) is 12.4. The van der Waals surface area contributed by atoms with Crippen LogP contribution in [0.5, 0.6) is 0 Å². The van der Waals surface area contributed by atoms with Gasteiger partial charge >= 0.3 is 0 Å². The zero-order valence-corrected chi connectivity index (χ0v) is 31.4. The van der Waals surface area contributed by atoms with E-state index in [1.165, 1.54) is 85.9 Å². The second-order valence-corrected chi connectivity index (χ2v) is 15.6. The van der Waals surface area contributed by atoms with E-state index in [4.69, 9.17) is 0 Å². The molecule has 0 fully saturated rings. The van der Waals surface area contributed by atoms with Gasteiger partial charge in [-0.3, -0.25) is 0 Å². The fourth-order valence-electron chi connectivity index (χ4n) is 8.48. The molecule has 0 N–H and O–H groups in total. The average molecular weight is 730 g/mol. The summed E-state index contributed by atoms with van der Waals surface area (Å²) < 4.78 is 2.65. The Labute approximate surface area is 330 Å². The van der Waals surface area contributed by atoms with Gasteiger partial charge in [0, 0.05) is 37.1 Å². The molecular weight excluding hydrogens is 695 g/mol. The van der Waals surface area contributed by atoms with Crippen molar-refractivity contribution < 1.29 is 0 Å². The lowest BCUT2D eigenvalue weighted by atomic mass is 9.92.